The third-order valence-electron chi connectivity index (χ3n) is 4.80. The molecule has 152 valence electrons. The zero-order chi connectivity index (χ0) is 19.6. The van der Waals surface area contributed by atoms with E-state index in [9.17, 15) is 0 Å². The van der Waals surface area contributed by atoms with Crippen molar-refractivity contribution >= 4 is 5.96 Å². The van der Waals surface area contributed by atoms with Crippen LogP contribution in [0.3, 0.4) is 0 Å². The fraction of sp³-hybridized carbons (Fsp3) is 0.524. The number of aliphatic imine (C=N–C) groups is 1. The van der Waals surface area contributed by atoms with Crippen LogP contribution in [-0.2, 0) is 16.0 Å². The van der Waals surface area contributed by atoms with E-state index in [0.29, 0.717) is 12.6 Å². The summed E-state index contributed by atoms with van der Waals surface area (Å²) in [6, 6.07) is 10.2. The molecule has 0 radical (unpaired) electrons. The molecule has 2 N–H and O–H groups in total. The molecule has 0 spiro atoms. The number of benzene rings is 1. The first-order valence-electron chi connectivity index (χ1n) is 9.96. The van der Waals surface area contributed by atoms with Crippen LogP contribution in [0.25, 0.3) is 11.3 Å². The molecule has 2 aromatic rings. The van der Waals surface area contributed by atoms with Crippen molar-refractivity contribution in [3.8, 4) is 11.3 Å². The Balaban J connectivity index is 1.40. The van der Waals surface area contributed by atoms with Gasteiger partial charge in [-0.3, -0.25) is 4.99 Å². The van der Waals surface area contributed by atoms with Crippen molar-refractivity contribution in [3.63, 3.8) is 0 Å². The van der Waals surface area contributed by atoms with Gasteiger partial charge in [0, 0.05) is 40.5 Å². The van der Waals surface area contributed by atoms with E-state index in [2.05, 4.69) is 37.3 Å². The molecule has 0 bridgehead atoms. The first kappa shape index (κ1) is 20.4. The van der Waals surface area contributed by atoms with Gasteiger partial charge in [-0.05, 0) is 24.8 Å². The van der Waals surface area contributed by atoms with Crippen LogP contribution in [-0.4, -0.2) is 67.4 Å². The minimum atomic E-state index is 0.355. The summed E-state index contributed by atoms with van der Waals surface area (Å²) in [5, 5.41) is 3.40. The van der Waals surface area contributed by atoms with E-state index in [-0.39, 0.29) is 0 Å². The Bertz CT molecular complexity index is 725. The van der Waals surface area contributed by atoms with Gasteiger partial charge < -0.3 is 24.7 Å². The number of guanidine groups is 1. The van der Waals surface area contributed by atoms with Gasteiger partial charge in [0.15, 0.2) is 5.96 Å². The topological polar surface area (TPSA) is 74.8 Å². The van der Waals surface area contributed by atoms with Crippen LogP contribution in [0.4, 0.5) is 0 Å². The smallest absolute Gasteiger partial charge is 0.193 e. The fourth-order valence-corrected chi connectivity index (χ4v) is 3.26. The molecule has 1 fully saturated rings. The van der Waals surface area contributed by atoms with Gasteiger partial charge in [0.05, 0.1) is 24.5 Å². The lowest BCUT2D eigenvalue weighted by atomic mass is 10.1. The lowest BCUT2D eigenvalue weighted by Gasteiger charge is -2.23. The van der Waals surface area contributed by atoms with Crippen LogP contribution in [0.15, 0.2) is 41.5 Å². The van der Waals surface area contributed by atoms with Gasteiger partial charge in [-0.15, -0.1) is 0 Å². The molecule has 1 aliphatic heterocycles. The Labute approximate surface area is 167 Å². The quantitative estimate of drug-likeness (QED) is 0.415. The number of imidazole rings is 1. The van der Waals surface area contributed by atoms with Crippen molar-refractivity contribution in [1.29, 1.82) is 0 Å². The van der Waals surface area contributed by atoms with Gasteiger partial charge in [0.1, 0.15) is 5.82 Å². The summed E-state index contributed by atoms with van der Waals surface area (Å²) in [6.07, 6.45) is 5.19. The molecule has 1 aliphatic rings. The molecule has 0 saturated carbocycles. The molecule has 7 nitrogen and oxygen atoms in total. The summed E-state index contributed by atoms with van der Waals surface area (Å²) in [5.41, 5.74) is 2.16. The number of hydrogen-bond acceptors (Lipinski definition) is 4. The van der Waals surface area contributed by atoms with Gasteiger partial charge in [0.25, 0.3) is 0 Å². The fourth-order valence-electron chi connectivity index (χ4n) is 3.26. The lowest BCUT2D eigenvalue weighted by molar-refractivity contribution is -0.0320. The first-order valence-corrected chi connectivity index (χ1v) is 9.96. The molecule has 2 heterocycles. The van der Waals surface area contributed by atoms with Gasteiger partial charge in [-0.25, -0.2) is 4.98 Å². The van der Waals surface area contributed by atoms with Crippen molar-refractivity contribution in [1.82, 2.24) is 20.2 Å². The van der Waals surface area contributed by atoms with Crippen molar-refractivity contribution in [3.05, 3.63) is 42.4 Å². The molecule has 0 atom stereocenters. The number of aromatic nitrogens is 2. The second-order valence-electron chi connectivity index (χ2n) is 6.98. The van der Waals surface area contributed by atoms with Crippen LogP contribution in [0.1, 0.15) is 25.1 Å². The number of aromatic amines is 1. The zero-order valence-corrected chi connectivity index (χ0v) is 16.9. The molecule has 1 saturated heterocycles. The van der Waals surface area contributed by atoms with Crippen LogP contribution < -0.4 is 5.32 Å². The molecule has 0 amide bonds. The third-order valence-corrected chi connectivity index (χ3v) is 4.80. The highest BCUT2D eigenvalue weighted by Crippen LogP contribution is 2.16. The van der Waals surface area contributed by atoms with Crippen molar-refractivity contribution in [2.24, 2.45) is 4.99 Å². The summed E-state index contributed by atoms with van der Waals surface area (Å²) < 4.78 is 11.3. The van der Waals surface area contributed by atoms with E-state index in [1.165, 1.54) is 0 Å². The SMILES string of the molecule is CN=C(NCCCOC1CCOCC1)N(C)Cc1ncc(-c2ccccc2)[nH]1. The van der Waals surface area contributed by atoms with Gasteiger partial charge in [-0.1, -0.05) is 30.3 Å². The van der Waals surface area contributed by atoms with Crippen LogP contribution in [0.5, 0.6) is 0 Å². The van der Waals surface area contributed by atoms with E-state index in [1.807, 2.05) is 31.4 Å². The van der Waals surface area contributed by atoms with Crippen molar-refractivity contribution in [2.75, 3.05) is 40.5 Å². The van der Waals surface area contributed by atoms with E-state index in [0.717, 1.165) is 68.7 Å². The standard InChI is InChI=1S/C21H31N5O2/c1-22-21(23-11-6-12-28-18-9-13-27-14-10-18)26(2)16-20-24-15-19(25-20)17-7-4-3-5-8-17/h3-5,7-8,15,18H,6,9-14,16H2,1-2H3,(H,22,23)(H,24,25). The average molecular weight is 386 g/mol. The molecule has 0 unspecified atom stereocenters. The van der Waals surface area contributed by atoms with Crippen LogP contribution in [0, 0.1) is 0 Å². The average Bonchev–Trinajstić information content (AvgIpc) is 3.20. The Morgan fingerprint density at radius 3 is 2.86 bits per heavy atom. The Kier molecular flexibility index (Phi) is 7.87. The molecule has 1 aromatic carbocycles. The normalized spacial score (nSPS) is 15.6. The van der Waals surface area contributed by atoms with E-state index in [1.54, 1.807) is 7.05 Å². The van der Waals surface area contributed by atoms with Crippen molar-refractivity contribution < 1.29 is 9.47 Å². The number of H-pyrrole nitrogens is 1. The number of hydrogen-bond donors (Lipinski definition) is 2. The molecule has 28 heavy (non-hydrogen) atoms. The Hall–Kier alpha value is -2.38. The predicted molar refractivity (Wildman–Crippen MR) is 111 cm³/mol. The van der Waals surface area contributed by atoms with Gasteiger partial charge in [-0.2, -0.15) is 0 Å². The number of nitrogens with zero attached hydrogens (tertiary/aromatic N) is 3. The summed E-state index contributed by atoms with van der Waals surface area (Å²) in [4.78, 5) is 14.3. The minimum Gasteiger partial charge on any atom is -0.381 e. The highest BCUT2D eigenvalue weighted by Gasteiger charge is 2.14. The van der Waals surface area contributed by atoms with E-state index < -0.39 is 0 Å². The molecule has 0 aliphatic carbocycles. The predicted octanol–water partition coefficient (Wildman–Crippen LogP) is 2.67. The van der Waals surface area contributed by atoms with Crippen LogP contribution >= 0.6 is 0 Å². The highest BCUT2D eigenvalue weighted by atomic mass is 16.5. The maximum atomic E-state index is 5.91. The molecular formula is C21H31N5O2. The van der Waals surface area contributed by atoms with E-state index >= 15 is 0 Å². The Morgan fingerprint density at radius 1 is 1.32 bits per heavy atom. The van der Waals surface area contributed by atoms with Gasteiger partial charge in [0.2, 0.25) is 0 Å². The summed E-state index contributed by atoms with van der Waals surface area (Å²) in [6.45, 7) is 3.88. The monoisotopic (exact) mass is 385 g/mol. The Morgan fingerprint density at radius 2 is 2.11 bits per heavy atom. The minimum absolute atomic E-state index is 0.355. The number of ether oxygens (including phenoxy) is 2. The molecule has 7 heteroatoms. The zero-order valence-electron chi connectivity index (χ0n) is 16.9. The molecule has 1 aromatic heterocycles. The summed E-state index contributed by atoms with van der Waals surface area (Å²) in [7, 11) is 3.81. The largest absolute Gasteiger partial charge is 0.381 e. The van der Waals surface area contributed by atoms with Crippen molar-refractivity contribution in [2.45, 2.75) is 31.9 Å². The third kappa shape index (κ3) is 6.07. The van der Waals surface area contributed by atoms with Crippen LogP contribution in [0.2, 0.25) is 0 Å². The second kappa shape index (κ2) is 10.8. The highest BCUT2D eigenvalue weighted by molar-refractivity contribution is 5.79. The number of rotatable bonds is 8. The maximum absolute atomic E-state index is 5.91. The van der Waals surface area contributed by atoms with Gasteiger partial charge >= 0.3 is 0 Å². The van der Waals surface area contributed by atoms with E-state index in [4.69, 9.17) is 9.47 Å². The summed E-state index contributed by atoms with van der Waals surface area (Å²) >= 11 is 0. The molecule has 3 rings (SSSR count). The maximum Gasteiger partial charge on any atom is 0.193 e. The number of nitrogens with one attached hydrogen (secondary N) is 2. The lowest BCUT2D eigenvalue weighted by Crippen LogP contribution is -2.39. The summed E-state index contributed by atoms with van der Waals surface area (Å²) in [5.74, 6) is 1.76. The first-order chi connectivity index (χ1) is 13.8. The second-order valence-corrected chi connectivity index (χ2v) is 6.98. The molecular weight excluding hydrogens is 354 g/mol.